The summed E-state index contributed by atoms with van der Waals surface area (Å²) >= 11 is 13.4. The van der Waals surface area contributed by atoms with E-state index in [-0.39, 0.29) is 5.91 Å². The minimum Gasteiger partial charge on any atom is -0.457 e. The van der Waals surface area contributed by atoms with Gasteiger partial charge in [0.15, 0.2) is 5.17 Å². The second-order valence-corrected chi connectivity index (χ2v) is 7.94. The van der Waals surface area contributed by atoms with Gasteiger partial charge in [-0.25, -0.2) is 4.99 Å². The van der Waals surface area contributed by atoms with Crippen LogP contribution in [0.25, 0.3) is 6.08 Å². The van der Waals surface area contributed by atoms with Crippen LogP contribution in [-0.2, 0) is 4.79 Å². The summed E-state index contributed by atoms with van der Waals surface area (Å²) in [5.41, 5.74) is 1.35. The molecule has 0 spiro atoms. The van der Waals surface area contributed by atoms with E-state index >= 15 is 0 Å². The molecule has 1 saturated heterocycles. The Morgan fingerprint density at radius 3 is 2.55 bits per heavy atom. The van der Waals surface area contributed by atoms with Gasteiger partial charge in [-0.05, 0) is 65.9 Å². The van der Waals surface area contributed by atoms with Crippen LogP contribution in [0.4, 0.5) is 5.69 Å². The largest absolute Gasteiger partial charge is 0.457 e. The van der Waals surface area contributed by atoms with Crippen molar-refractivity contribution in [2.24, 2.45) is 4.99 Å². The molecule has 1 heterocycles. The molecule has 4 nitrogen and oxygen atoms in total. The zero-order valence-corrected chi connectivity index (χ0v) is 17.3. The third-order valence-corrected chi connectivity index (χ3v) is 5.38. The second-order valence-electron chi connectivity index (χ2n) is 6.07. The van der Waals surface area contributed by atoms with Crippen LogP contribution in [0.3, 0.4) is 0 Å². The van der Waals surface area contributed by atoms with Gasteiger partial charge in [0.1, 0.15) is 11.5 Å². The molecular formula is C22H14Cl2N2O2S. The van der Waals surface area contributed by atoms with E-state index in [1.165, 1.54) is 11.8 Å². The Labute approximate surface area is 182 Å². The number of aliphatic imine (C=N–C) groups is 1. The number of amidine groups is 1. The van der Waals surface area contributed by atoms with Crippen molar-refractivity contribution in [2.75, 3.05) is 0 Å². The Kier molecular flexibility index (Phi) is 5.90. The Morgan fingerprint density at radius 1 is 0.931 bits per heavy atom. The molecule has 1 aliphatic rings. The summed E-state index contributed by atoms with van der Waals surface area (Å²) in [5.74, 6) is 1.22. The Morgan fingerprint density at radius 2 is 1.72 bits per heavy atom. The van der Waals surface area contributed by atoms with Gasteiger partial charge in [0.05, 0.1) is 15.6 Å². The number of amides is 1. The van der Waals surface area contributed by atoms with Crippen molar-refractivity contribution in [3.05, 3.63) is 93.3 Å². The highest BCUT2D eigenvalue weighted by atomic mass is 35.5. The van der Waals surface area contributed by atoms with E-state index in [1.54, 1.807) is 24.3 Å². The van der Waals surface area contributed by atoms with Crippen molar-refractivity contribution in [2.45, 2.75) is 0 Å². The Bertz CT molecular complexity index is 1130. The number of halogens is 2. The SMILES string of the molecule is O=C1NC(=Nc2cc(Cl)ccc2Cl)S/C1=C/c1cccc(Oc2ccccc2)c1. The van der Waals surface area contributed by atoms with Crippen LogP contribution in [-0.4, -0.2) is 11.1 Å². The summed E-state index contributed by atoms with van der Waals surface area (Å²) in [6.45, 7) is 0. The lowest BCUT2D eigenvalue weighted by molar-refractivity contribution is -0.115. The summed E-state index contributed by atoms with van der Waals surface area (Å²) in [7, 11) is 0. The quantitative estimate of drug-likeness (QED) is 0.460. The van der Waals surface area contributed by atoms with E-state index in [1.807, 2.05) is 54.6 Å². The van der Waals surface area contributed by atoms with Crippen molar-refractivity contribution < 1.29 is 9.53 Å². The lowest BCUT2D eigenvalue weighted by Crippen LogP contribution is -2.19. The molecule has 1 amide bonds. The highest BCUT2D eigenvalue weighted by Gasteiger charge is 2.24. The molecule has 0 saturated carbocycles. The highest BCUT2D eigenvalue weighted by molar-refractivity contribution is 8.18. The van der Waals surface area contributed by atoms with E-state index in [0.717, 1.165) is 11.3 Å². The number of ether oxygens (including phenoxy) is 1. The van der Waals surface area contributed by atoms with Crippen molar-refractivity contribution in [3.8, 4) is 11.5 Å². The van der Waals surface area contributed by atoms with Crippen LogP contribution in [0.1, 0.15) is 5.56 Å². The van der Waals surface area contributed by atoms with Gasteiger partial charge in [-0.1, -0.05) is 53.5 Å². The average Bonchev–Trinajstić information content (AvgIpc) is 3.04. The van der Waals surface area contributed by atoms with Crippen LogP contribution < -0.4 is 10.1 Å². The molecule has 144 valence electrons. The molecule has 0 unspecified atom stereocenters. The summed E-state index contributed by atoms with van der Waals surface area (Å²) in [5, 5.41) is 4.17. The van der Waals surface area contributed by atoms with Crippen LogP contribution >= 0.6 is 35.0 Å². The first-order valence-corrected chi connectivity index (χ1v) is 10.2. The predicted molar refractivity (Wildman–Crippen MR) is 120 cm³/mol. The van der Waals surface area contributed by atoms with Crippen LogP contribution in [0.5, 0.6) is 11.5 Å². The zero-order valence-electron chi connectivity index (χ0n) is 14.9. The molecule has 1 fully saturated rings. The molecule has 29 heavy (non-hydrogen) atoms. The van der Waals surface area contributed by atoms with Gasteiger partial charge >= 0.3 is 0 Å². The molecule has 0 bridgehead atoms. The fourth-order valence-electron chi connectivity index (χ4n) is 2.61. The number of rotatable bonds is 4. The van der Waals surface area contributed by atoms with Gasteiger partial charge in [-0.15, -0.1) is 0 Å². The monoisotopic (exact) mass is 440 g/mol. The third kappa shape index (κ3) is 5.01. The fourth-order valence-corrected chi connectivity index (χ4v) is 3.77. The lowest BCUT2D eigenvalue weighted by atomic mass is 10.2. The van der Waals surface area contributed by atoms with Gasteiger partial charge in [0.2, 0.25) is 0 Å². The van der Waals surface area contributed by atoms with Gasteiger partial charge in [-0.3, -0.25) is 4.79 Å². The van der Waals surface area contributed by atoms with E-state index in [0.29, 0.717) is 31.6 Å². The van der Waals surface area contributed by atoms with Gasteiger partial charge < -0.3 is 10.1 Å². The Hall–Kier alpha value is -2.73. The van der Waals surface area contributed by atoms with Crippen LogP contribution in [0.15, 0.2) is 82.7 Å². The number of carbonyl (C=O) groups is 1. The molecule has 1 N–H and O–H groups in total. The topological polar surface area (TPSA) is 50.7 Å². The van der Waals surface area contributed by atoms with E-state index in [9.17, 15) is 4.79 Å². The number of para-hydroxylation sites is 1. The van der Waals surface area contributed by atoms with Crippen molar-refractivity contribution in [3.63, 3.8) is 0 Å². The minimum atomic E-state index is -0.221. The summed E-state index contributed by atoms with van der Waals surface area (Å²) in [4.78, 5) is 17.3. The zero-order chi connectivity index (χ0) is 20.2. The summed E-state index contributed by atoms with van der Waals surface area (Å²) in [6, 6.07) is 22.0. The summed E-state index contributed by atoms with van der Waals surface area (Å²) in [6.07, 6.45) is 1.79. The fraction of sp³-hybridized carbons (Fsp3) is 0. The number of hydrogen-bond donors (Lipinski definition) is 1. The first-order valence-electron chi connectivity index (χ1n) is 8.64. The molecule has 0 atom stereocenters. The molecule has 0 aromatic heterocycles. The Balaban J connectivity index is 1.54. The van der Waals surface area contributed by atoms with Crippen molar-refractivity contribution >= 4 is 57.8 Å². The van der Waals surface area contributed by atoms with Crippen molar-refractivity contribution in [1.29, 1.82) is 0 Å². The molecular weight excluding hydrogens is 427 g/mol. The van der Waals surface area contributed by atoms with Gasteiger partial charge in [0.25, 0.3) is 5.91 Å². The standard InChI is InChI=1S/C22H14Cl2N2O2S/c23-15-9-10-18(24)19(13-15)25-22-26-21(27)20(29-22)12-14-5-4-8-17(11-14)28-16-6-2-1-3-7-16/h1-13H,(H,25,26,27)/b20-12+. The number of hydrogen-bond acceptors (Lipinski definition) is 4. The molecule has 7 heteroatoms. The average molecular weight is 441 g/mol. The first kappa shape index (κ1) is 19.6. The van der Waals surface area contributed by atoms with Gasteiger partial charge in [0, 0.05) is 5.02 Å². The molecule has 3 aromatic carbocycles. The normalized spacial score (nSPS) is 16.3. The number of benzene rings is 3. The van der Waals surface area contributed by atoms with E-state index in [2.05, 4.69) is 10.3 Å². The van der Waals surface area contributed by atoms with Crippen LogP contribution in [0, 0.1) is 0 Å². The number of nitrogens with one attached hydrogen (secondary N) is 1. The number of nitrogens with zero attached hydrogens (tertiary/aromatic N) is 1. The van der Waals surface area contributed by atoms with E-state index < -0.39 is 0 Å². The van der Waals surface area contributed by atoms with Gasteiger partial charge in [-0.2, -0.15) is 0 Å². The van der Waals surface area contributed by atoms with E-state index in [4.69, 9.17) is 27.9 Å². The first-order chi connectivity index (χ1) is 14.1. The minimum absolute atomic E-state index is 0.221. The molecule has 1 aliphatic heterocycles. The summed E-state index contributed by atoms with van der Waals surface area (Å²) < 4.78 is 5.85. The second kappa shape index (κ2) is 8.74. The maximum Gasteiger partial charge on any atom is 0.264 e. The number of thioether (sulfide) groups is 1. The number of carbonyl (C=O) groups excluding carboxylic acids is 1. The van der Waals surface area contributed by atoms with Crippen molar-refractivity contribution in [1.82, 2.24) is 5.32 Å². The van der Waals surface area contributed by atoms with Crippen LogP contribution in [0.2, 0.25) is 10.0 Å². The highest BCUT2D eigenvalue weighted by Crippen LogP contribution is 2.33. The predicted octanol–water partition coefficient (Wildman–Crippen LogP) is 6.68. The maximum absolute atomic E-state index is 12.3. The molecule has 0 aliphatic carbocycles. The lowest BCUT2D eigenvalue weighted by Gasteiger charge is -2.06. The molecule has 4 rings (SSSR count). The maximum atomic E-state index is 12.3. The smallest absolute Gasteiger partial charge is 0.264 e. The molecule has 3 aromatic rings. The third-order valence-electron chi connectivity index (χ3n) is 3.92. The molecule has 0 radical (unpaired) electrons.